The second-order valence-corrected chi connectivity index (χ2v) is 8.32. The molecule has 1 atom stereocenters. The van der Waals surface area contributed by atoms with Gasteiger partial charge in [-0.2, -0.15) is 0 Å². The van der Waals surface area contributed by atoms with Crippen molar-refractivity contribution in [3.63, 3.8) is 0 Å². The minimum Gasteiger partial charge on any atom is -0.349 e. The molecule has 1 aromatic rings. The van der Waals surface area contributed by atoms with E-state index in [2.05, 4.69) is 5.32 Å². The van der Waals surface area contributed by atoms with Gasteiger partial charge in [0.1, 0.15) is 0 Å². The van der Waals surface area contributed by atoms with E-state index in [1.165, 1.54) is 6.26 Å². The Hall–Kier alpha value is -1.36. The summed E-state index contributed by atoms with van der Waals surface area (Å²) in [6.07, 6.45) is 5.30. The number of sulfone groups is 1. The average Bonchev–Trinajstić information content (AvgIpc) is 2.86. The lowest BCUT2D eigenvalue weighted by atomic mass is 9.87. The van der Waals surface area contributed by atoms with Gasteiger partial charge in [0.15, 0.2) is 9.84 Å². The lowest BCUT2D eigenvalue weighted by Gasteiger charge is -2.25. The van der Waals surface area contributed by atoms with Crippen molar-refractivity contribution in [3.8, 4) is 0 Å². The normalized spacial score (nSPS) is 19.2. The van der Waals surface area contributed by atoms with Crippen LogP contribution in [0.2, 0.25) is 0 Å². The van der Waals surface area contributed by atoms with Crippen molar-refractivity contribution < 1.29 is 13.2 Å². The molecular weight excluding hydrogens is 286 g/mol. The van der Waals surface area contributed by atoms with E-state index in [9.17, 15) is 13.2 Å². The Bertz CT molecular complexity index is 613. The first-order chi connectivity index (χ1) is 9.72. The summed E-state index contributed by atoms with van der Waals surface area (Å²) in [6.45, 7) is 3.94. The van der Waals surface area contributed by atoms with Gasteiger partial charge in [0, 0.05) is 11.7 Å². The van der Waals surface area contributed by atoms with E-state index in [-0.39, 0.29) is 17.4 Å². The van der Waals surface area contributed by atoms with Gasteiger partial charge in [-0.1, -0.05) is 31.9 Å². The highest BCUT2D eigenvalue weighted by Crippen LogP contribution is 2.38. The second kappa shape index (κ2) is 5.79. The molecule has 1 saturated carbocycles. The predicted octanol–water partition coefficient (Wildman–Crippen LogP) is 2.85. The number of benzene rings is 1. The summed E-state index contributed by atoms with van der Waals surface area (Å²) < 4.78 is 22.9. The largest absolute Gasteiger partial charge is 0.349 e. The summed E-state index contributed by atoms with van der Waals surface area (Å²) >= 11 is 0. The van der Waals surface area contributed by atoms with E-state index in [4.69, 9.17) is 0 Å². The number of amides is 1. The molecule has 0 saturated heterocycles. The zero-order chi connectivity index (χ0) is 15.7. The van der Waals surface area contributed by atoms with Gasteiger partial charge in [0.05, 0.1) is 10.9 Å². The molecule has 0 heterocycles. The number of nitrogens with one attached hydrogen (secondary N) is 1. The summed E-state index contributed by atoms with van der Waals surface area (Å²) in [7, 11) is -3.18. The molecule has 1 aliphatic rings. The van der Waals surface area contributed by atoms with Crippen molar-refractivity contribution in [3.05, 3.63) is 29.8 Å². The Balaban J connectivity index is 2.06. The van der Waals surface area contributed by atoms with Crippen LogP contribution < -0.4 is 5.32 Å². The van der Waals surface area contributed by atoms with E-state index in [1.54, 1.807) is 24.3 Å². The molecule has 0 spiro atoms. The SMILES string of the molecule is CC(NC(=O)C1(C)CCCC1)c1ccc(S(C)(=O)=O)cc1. The molecule has 0 aromatic heterocycles. The number of hydrogen-bond donors (Lipinski definition) is 1. The van der Waals surface area contributed by atoms with Crippen molar-refractivity contribution in [2.75, 3.05) is 6.26 Å². The van der Waals surface area contributed by atoms with Crippen molar-refractivity contribution in [1.29, 1.82) is 0 Å². The van der Waals surface area contributed by atoms with Crippen LogP contribution in [0.3, 0.4) is 0 Å². The molecule has 2 rings (SSSR count). The van der Waals surface area contributed by atoms with Crippen molar-refractivity contribution >= 4 is 15.7 Å². The van der Waals surface area contributed by atoms with Gasteiger partial charge in [-0.05, 0) is 37.5 Å². The first-order valence-corrected chi connectivity index (χ1v) is 9.22. The fraction of sp³-hybridized carbons (Fsp3) is 0.562. The van der Waals surface area contributed by atoms with E-state index in [1.807, 2.05) is 13.8 Å². The summed E-state index contributed by atoms with van der Waals surface area (Å²) in [6, 6.07) is 6.58. The summed E-state index contributed by atoms with van der Waals surface area (Å²) in [5.74, 6) is 0.0969. The van der Waals surface area contributed by atoms with Crippen LogP contribution in [0.25, 0.3) is 0 Å². The molecular formula is C16H23NO3S. The van der Waals surface area contributed by atoms with Gasteiger partial charge < -0.3 is 5.32 Å². The molecule has 1 amide bonds. The molecule has 1 aromatic carbocycles. The van der Waals surface area contributed by atoms with Crippen LogP contribution in [-0.2, 0) is 14.6 Å². The maximum atomic E-state index is 12.4. The van der Waals surface area contributed by atoms with Gasteiger partial charge in [-0.25, -0.2) is 8.42 Å². The van der Waals surface area contributed by atoms with Crippen molar-refractivity contribution in [2.45, 2.75) is 50.5 Å². The Morgan fingerprint density at radius 3 is 2.19 bits per heavy atom. The maximum Gasteiger partial charge on any atom is 0.226 e. The number of carbonyl (C=O) groups excluding carboxylic acids is 1. The van der Waals surface area contributed by atoms with E-state index in [0.717, 1.165) is 31.2 Å². The quantitative estimate of drug-likeness (QED) is 0.930. The van der Waals surface area contributed by atoms with Crippen molar-refractivity contribution in [1.82, 2.24) is 5.32 Å². The molecule has 0 aliphatic heterocycles. The number of rotatable bonds is 4. The summed E-state index contributed by atoms with van der Waals surface area (Å²) in [5.41, 5.74) is 0.665. The second-order valence-electron chi connectivity index (χ2n) is 6.30. The fourth-order valence-electron chi connectivity index (χ4n) is 2.84. The smallest absolute Gasteiger partial charge is 0.226 e. The fourth-order valence-corrected chi connectivity index (χ4v) is 3.47. The molecule has 1 fully saturated rings. The molecule has 1 aliphatic carbocycles. The first-order valence-electron chi connectivity index (χ1n) is 7.33. The lowest BCUT2D eigenvalue weighted by molar-refractivity contribution is -0.130. The zero-order valence-corrected chi connectivity index (χ0v) is 13.7. The first kappa shape index (κ1) is 16.0. The number of carbonyl (C=O) groups is 1. The van der Waals surface area contributed by atoms with Crippen molar-refractivity contribution in [2.24, 2.45) is 5.41 Å². The van der Waals surface area contributed by atoms with E-state index in [0.29, 0.717) is 4.90 Å². The molecule has 4 nitrogen and oxygen atoms in total. The van der Waals surface area contributed by atoms with Gasteiger partial charge in [-0.3, -0.25) is 4.79 Å². The zero-order valence-electron chi connectivity index (χ0n) is 12.8. The van der Waals surface area contributed by atoms with E-state index >= 15 is 0 Å². The molecule has 116 valence electrons. The van der Waals surface area contributed by atoms with Crippen LogP contribution >= 0.6 is 0 Å². The van der Waals surface area contributed by atoms with Crippen LogP contribution in [0.1, 0.15) is 51.1 Å². The van der Waals surface area contributed by atoms with Gasteiger partial charge in [0.25, 0.3) is 0 Å². The Kier molecular flexibility index (Phi) is 4.42. The van der Waals surface area contributed by atoms with Crippen LogP contribution in [0.4, 0.5) is 0 Å². The Morgan fingerprint density at radius 2 is 1.71 bits per heavy atom. The summed E-state index contributed by atoms with van der Waals surface area (Å²) in [5, 5.41) is 3.05. The maximum absolute atomic E-state index is 12.4. The summed E-state index contributed by atoms with van der Waals surface area (Å²) in [4.78, 5) is 12.7. The highest BCUT2D eigenvalue weighted by atomic mass is 32.2. The van der Waals surface area contributed by atoms with E-state index < -0.39 is 9.84 Å². The van der Waals surface area contributed by atoms with Gasteiger partial charge in [0.2, 0.25) is 5.91 Å². The third-order valence-corrected chi connectivity index (χ3v) is 5.54. The third-order valence-electron chi connectivity index (χ3n) is 4.41. The Morgan fingerprint density at radius 1 is 1.19 bits per heavy atom. The molecule has 1 N–H and O–H groups in total. The van der Waals surface area contributed by atoms with Gasteiger partial charge >= 0.3 is 0 Å². The Labute approximate surface area is 126 Å². The van der Waals surface area contributed by atoms with Crippen LogP contribution in [0.5, 0.6) is 0 Å². The monoisotopic (exact) mass is 309 g/mol. The van der Waals surface area contributed by atoms with Crippen LogP contribution in [0, 0.1) is 5.41 Å². The highest BCUT2D eigenvalue weighted by Gasteiger charge is 2.36. The van der Waals surface area contributed by atoms with Gasteiger partial charge in [-0.15, -0.1) is 0 Å². The molecule has 1 unspecified atom stereocenters. The lowest BCUT2D eigenvalue weighted by Crippen LogP contribution is -2.38. The molecule has 21 heavy (non-hydrogen) atoms. The predicted molar refractivity (Wildman–Crippen MR) is 82.7 cm³/mol. The van der Waals surface area contributed by atoms with Crippen LogP contribution in [-0.4, -0.2) is 20.6 Å². The average molecular weight is 309 g/mol. The minimum atomic E-state index is -3.18. The highest BCUT2D eigenvalue weighted by molar-refractivity contribution is 7.90. The third kappa shape index (κ3) is 3.64. The topological polar surface area (TPSA) is 63.2 Å². The molecule has 5 heteroatoms. The minimum absolute atomic E-state index is 0.0969. The standard InChI is InChI=1S/C16H23NO3S/c1-12(17-15(18)16(2)10-4-5-11-16)13-6-8-14(9-7-13)21(3,19)20/h6-9,12H,4-5,10-11H2,1-3H3,(H,17,18). The molecule has 0 bridgehead atoms. The molecule has 0 radical (unpaired) electrons. The number of hydrogen-bond acceptors (Lipinski definition) is 3. The van der Waals surface area contributed by atoms with Crippen LogP contribution in [0.15, 0.2) is 29.2 Å².